The quantitative estimate of drug-likeness (QED) is 0.863. The Morgan fingerprint density at radius 1 is 1.38 bits per heavy atom. The van der Waals surface area contributed by atoms with Crippen molar-refractivity contribution in [3.63, 3.8) is 0 Å². The summed E-state index contributed by atoms with van der Waals surface area (Å²) in [7, 11) is 0. The highest BCUT2D eigenvalue weighted by Crippen LogP contribution is 2.31. The van der Waals surface area contributed by atoms with Crippen LogP contribution in [0.25, 0.3) is 11.0 Å². The van der Waals surface area contributed by atoms with Gasteiger partial charge in [-0.1, -0.05) is 19.1 Å². The van der Waals surface area contributed by atoms with Crippen molar-refractivity contribution in [2.75, 3.05) is 0 Å². The molecule has 6 heteroatoms. The van der Waals surface area contributed by atoms with E-state index in [1.807, 2.05) is 24.3 Å². The van der Waals surface area contributed by atoms with Gasteiger partial charge in [-0.2, -0.15) is 15.0 Å². The van der Waals surface area contributed by atoms with Crippen molar-refractivity contribution in [3.05, 3.63) is 24.3 Å². The third kappa shape index (κ3) is 3.05. The summed E-state index contributed by atoms with van der Waals surface area (Å²) in [6.07, 6.45) is 2.24. The van der Waals surface area contributed by atoms with E-state index in [1.165, 1.54) is 4.80 Å². The maximum Gasteiger partial charge on any atom is 0.243 e. The number of benzene rings is 1. The van der Waals surface area contributed by atoms with Gasteiger partial charge < -0.3 is 10.4 Å². The molecule has 1 saturated carbocycles. The third-order valence-corrected chi connectivity index (χ3v) is 4.12. The first-order valence-electron chi connectivity index (χ1n) is 7.43. The molecule has 1 atom stereocenters. The molecule has 6 nitrogen and oxygen atoms in total. The van der Waals surface area contributed by atoms with Gasteiger partial charge in [-0.05, 0) is 37.3 Å². The lowest BCUT2D eigenvalue weighted by molar-refractivity contribution is -0.124. The van der Waals surface area contributed by atoms with Crippen LogP contribution in [0.15, 0.2) is 24.3 Å². The first-order valence-corrected chi connectivity index (χ1v) is 7.43. The Balaban J connectivity index is 1.60. The predicted octanol–water partition coefficient (Wildman–Crippen LogP) is 1.10. The van der Waals surface area contributed by atoms with Gasteiger partial charge >= 0.3 is 0 Å². The molecule has 0 bridgehead atoms. The molecule has 0 spiro atoms. The molecule has 2 N–H and O–H groups in total. The second kappa shape index (κ2) is 5.81. The molecule has 112 valence electrons. The van der Waals surface area contributed by atoms with E-state index < -0.39 is 0 Å². The monoisotopic (exact) mass is 288 g/mol. The van der Waals surface area contributed by atoms with Gasteiger partial charge in [0.05, 0.1) is 6.10 Å². The lowest BCUT2D eigenvalue weighted by atomic mass is 9.76. The molecule has 1 heterocycles. The summed E-state index contributed by atoms with van der Waals surface area (Å²) in [4.78, 5) is 13.5. The molecular formula is C15H20N4O2. The van der Waals surface area contributed by atoms with Gasteiger partial charge in [0.25, 0.3) is 0 Å². The van der Waals surface area contributed by atoms with E-state index in [2.05, 4.69) is 22.4 Å². The normalized spacial score (nSPS) is 22.8. The Morgan fingerprint density at radius 2 is 2.00 bits per heavy atom. The van der Waals surface area contributed by atoms with E-state index in [0.717, 1.165) is 30.3 Å². The second-order valence-electron chi connectivity index (χ2n) is 5.69. The molecule has 0 aliphatic heterocycles. The van der Waals surface area contributed by atoms with Gasteiger partial charge in [0, 0.05) is 6.04 Å². The average molecular weight is 288 g/mol. The summed E-state index contributed by atoms with van der Waals surface area (Å²) >= 11 is 0. The average Bonchev–Trinajstić information content (AvgIpc) is 2.83. The highest BCUT2D eigenvalue weighted by atomic mass is 16.3. The Bertz CT molecular complexity index is 600. The number of nitrogens with zero attached hydrogens (tertiary/aromatic N) is 3. The molecule has 1 aliphatic rings. The zero-order valence-corrected chi connectivity index (χ0v) is 12.1. The standard InChI is InChI=1S/C15H20N4O2/c1-2-12(10-7-11(20)8-10)16-15(21)9-19-17-13-5-3-4-6-14(13)18-19/h3-6,10-12,20H,2,7-9H2,1H3,(H,16,21)/t10?,11?,12-/m1/s1. The molecule has 0 unspecified atom stereocenters. The van der Waals surface area contributed by atoms with E-state index >= 15 is 0 Å². The summed E-state index contributed by atoms with van der Waals surface area (Å²) in [6, 6.07) is 7.68. The van der Waals surface area contributed by atoms with E-state index in [4.69, 9.17) is 0 Å². The number of rotatable bonds is 5. The number of fused-ring (bicyclic) bond motifs is 1. The Hall–Kier alpha value is -1.95. The summed E-state index contributed by atoms with van der Waals surface area (Å²) < 4.78 is 0. The van der Waals surface area contributed by atoms with Gasteiger partial charge in [0.2, 0.25) is 5.91 Å². The topological polar surface area (TPSA) is 80.0 Å². The van der Waals surface area contributed by atoms with Crippen molar-refractivity contribution in [1.82, 2.24) is 20.3 Å². The number of amides is 1. The molecule has 2 aromatic rings. The molecule has 3 rings (SSSR count). The summed E-state index contributed by atoms with van der Waals surface area (Å²) in [5, 5.41) is 21.0. The SMILES string of the molecule is CC[C@@H](NC(=O)Cn1nc2ccccc2n1)C1CC(O)C1. The molecule has 21 heavy (non-hydrogen) atoms. The zero-order valence-electron chi connectivity index (χ0n) is 12.1. The molecule has 1 aromatic carbocycles. The van der Waals surface area contributed by atoms with Crippen LogP contribution >= 0.6 is 0 Å². The van der Waals surface area contributed by atoms with E-state index in [9.17, 15) is 9.90 Å². The van der Waals surface area contributed by atoms with Crippen molar-refractivity contribution >= 4 is 16.9 Å². The van der Waals surface area contributed by atoms with Gasteiger partial charge in [0.1, 0.15) is 17.6 Å². The second-order valence-corrected chi connectivity index (χ2v) is 5.69. The summed E-state index contributed by atoms with van der Waals surface area (Å²) in [6.45, 7) is 2.18. The number of carbonyl (C=O) groups excluding carboxylic acids is 1. The number of aromatic nitrogens is 3. The van der Waals surface area contributed by atoms with Crippen molar-refractivity contribution in [2.24, 2.45) is 5.92 Å². The molecular weight excluding hydrogens is 268 g/mol. The number of aliphatic hydroxyl groups is 1. The van der Waals surface area contributed by atoms with Gasteiger partial charge in [-0.15, -0.1) is 0 Å². The number of hydrogen-bond acceptors (Lipinski definition) is 4. The minimum absolute atomic E-state index is 0.0801. The van der Waals surface area contributed by atoms with Crippen molar-refractivity contribution in [3.8, 4) is 0 Å². The van der Waals surface area contributed by atoms with Crippen LogP contribution in [0.3, 0.4) is 0 Å². The van der Waals surface area contributed by atoms with Crippen LogP contribution in [0.4, 0.5) is 0 Å². The smallest absolute Gasteiger partial charge is 0.243 e. The summed E-state index contributed by atoms with van der Waals surface area (Å²) in [5.41, 5.74) is 1.58. The fourth-order valence-electron chi connectivity index (χ4n) is 2.87. The Kier molecular flexibility index (Phi) is 3.88. The zero-order chi connectivity index (χ0) is 14.8. The van der Waals surface area contributed by atoms with Crippen LogP contribution < -0.4 is 5.32 Å². The molecule has 1 aliphatic carbocycles. The fourth-order valence-corrected chi connectivity index (χ4v) is 2.87. The van der Waals surface area contributed by atoms with Crippen molar-refractivity contribution in [1.29, 1.82) is 0 Å². The van der Waals surface area contributed by atoms with Crippen LogP contribution in [-0.4, -0.2) is 38.2 Å². The minimum atomic E-state index is -0.195. The van der Waals surface area contributed by atoms with Crippen LogP contribution in [0, 0.1) is 5.92 Å². The van der Waals surface area contributed by atoms with Crippen molar-refractivity contribution in [2.45, 2.75) is 44.9 Å². The fraction of sp³-hybridized carbons (Fsp3) is 0.533. The third-order valence-electron chi connectivity index (χ3n) is 4.12. The maximum atomic E-state index is 12.1. The highest BCUT2D eigenvalue weighted by Gasteiger charge is 2.33. The lowest BCUT2D eigenvalue weighted by Gasteiger charge is -2.37. The van der Waals surface area contributed by atoms with E-state index in [1.54, 1.807) is 0 Å². The largest absolute Gasteiger partial charge is 0.393 e. The molecule has 0 saturated heterocycles. The van der Waals surface area contributed by atoms with Crippen molar-refractivity contribution < 1.29 is 9.90 Å². The first kappa shape index (κ1) is 14.0. The van der Waals surface area contributed by atoms with Crippen LogP contribution in [-0.2, 0) is 11.3 Å². The van der Waals surface area contributed by atoms with Gasteiger partial charge in [0.15, 0.2) is 0 Å². The van der Waals surface area contributed by atoms with E-state index in [0.29, 0.717) is 5.92 Å². The van der Waals surface area contributed by atoms with Gasteiger partial charge in [-0.25, -0.2) is 0 Å². The predicted molar refractivity (Wildman–Crippen MR) is 78.5 cm³/mol. The van der Waals surface area contributed by atoms with Crippen LogP contribution in [0.2, 0.25) is 0 Å². The highest BCUT2D eigenvalue weighted by molar-refractivity contribution is 5.77. The number of hydrogen-bond donors (Lipinski definition) is 2. The van der Waals surface area contributed by atoms with Gasteiger partial charge in [-0.3, -0.25) is 4.79 Å². The molecule has 1 fully saturated rings. The number of aliphatic hydroxyl groups excluding tert-OH is 1. The maximum absolute atomic E-state index is 12.1. The Labute approximate surface area is 123 Å². The molecule has 1 amide bonds. The summed E-state index contributed by atoms with van der Waals surface area (Å²) in [5.74, 6) is 0.308. The minimum Gasteiger partial charge on any atom is -0.393 e. The molecule has 1 aromatic heterocycles. The Morgan fingerprint density at radius 3 is 2.52 bits per heavy atom. The van der Waals surface area contributed by atoms with Crippen LogP contribution in [0.5, 0.6) is 0 Å². The van der Waals surface area contributed by atoms with E-state index in [-0.39, 0.29) is 24.6 Å². The van der Waals surface area contributed by atoms with Crippen LogP contribution in [0.1, 0.15) is 26.2 Å². The number of nitrogens with one attached hydrogen (secondary N) is 1. The number of carbonyl (C=O) groups is 1. The molecule has 0 radical (unpaired) electrons. The first-order chi connectivity index (χ1) is 10.2. The lowest BCUT2D eigenvalue weighted by Crippen LogP contribution is -2.47.